The van der Waals surface area contributed by atoms with E-state index in [2.05, 4.69) is 10.3 Å². The molecule has 0 spiro atoms. The molecular formula is C20H18N2O2S. The number of benzene rings is 2. The van der Waals surface area contributed by atoms with Gasteiger partial charge >= 0.3 is 0 Å². The third kappa shape index (κ3) is 4.61. The third-order valence-corrected chi connectivity index (χ3v) is 4.50. The number of carbonyl (C=O) groups is 1. The summed E-state index contributed by atoms with van der Waals surface area (Å²) >= 11 is 1.34. The van der Waals surface area contributed by atoms with Crippen LogP contribution in [0.3, 0.4) is 0 Å². The van der Waals surface area contributed by atoms with Crippen molar-refractivity contribution in [2.75, 3.05) is 7.11 Å². The summed E-state index contributed by atoms with van der Waals surface area (Å²) in [5.74, 6) is 0.688. The maximum absolute atomic E-state index is 12.0. The first kappa shape index (κ1) is 17.0. The summed E-state index contributed by atoms with van der Waals surface area (Å²) < 4.78 is 5.13. The zero-order valence-corrected chi connectivity index (χ0v) is 14.8. The summed E-state index contributed by atoms with van der Waals surface area (Å²) in [6.07, 6.45) is 5.59. The van der Waals surface area contributed by atoms with Crippen molar-refractivity contribution in [3.63, 3.8) is 0 Å². The van der Waals surface area contributed by atoms with Gasteiger partial charge in [-0.2, -0.15) is 0 Å². The van der Waals surface area contributed by atoms with Crippen LogP contribution in [0.25, 0.3) is 6.08 Å². The zero-order chi connectivity index (χ0) is 17.6. The van der Waals surface area contributed by atoms with E-state index < -0.39 is 0 Å². The lowest BCUT2D eigenvalue weighted by atomic mass is 10.2. The number of amides is 1. The normalized spacial score (nSPS) is 17.4. The molecule has 1 aliphatic heterocycles. The van der Waals surface area contributed by atoms with Crippen molar-refractivity contribution in [3.8, 4) is 5.75 Å². The Labute approximate surface area is 151 Å². The Morgan fingerprint density at radius 2 is 1.80 bits per heavy atom. The number of allylic oxidation sites excluding steroid dienone is 2. The number of hydrogen-bond donors (Lipinski definition) is 1. The molecule has 1 N–H and O–H groups in total. The van der Waals surface area contributed by atoms with Crippen LogP contribution in [0.5, 0.6) is 5.75 Å². The summed E-state index contributed by atoms with van der Waals surface area (Å²) in [6, 6.07) is 15.6. The number of hydrogen-bond acceptors (Lipinski definition) is 4. The molecule has 126 valence electrons. The Kier molecular flexibility index (Phi) is 5.36. The molecule has 0 unspecified atom stereocenters. The predicted molar refractivity (Wildman–Crippen MR) is 104 cm³/mol. The highest BCUT2D eigenvalue weighted by Gasteiger charge is 2.22. The van der Waals surface area contributed by atoms with E-state index in [9.17, 15) is 4.79 Å². The van der Waals surface area contributed by atoms with E-state index in [0.717, 1.165) is 17.0 Å². The number of aryl methyl sites for hydroxylation is 1. The first-order valence-corrected chi connectivity index (χ1v) is 8.63. The van der Waals surface area contributed by atoms with Gasteiger partial charge in [0, 0.05) is 0 Å². The molecule has 0 aromatic heterocycles. The van der Waals surface area contributed by atoms with Crippen LogP contribution in [0.15, 0.2) is 70.6 Å². The second-order valence-corrected chi connectivity index (χ2v) is 6.50. The molecule has 3 rings (SSSR count). The second-order valence-electron chi connectivity index (χ2n) is 5.47. The minimum atomic E-state index is -0.129. The van der Waals surface area contributed by atoms with Crippen LogP contribution < -0.4 is 10.1 Å². The SMILES string of the molecule is COc1ccc(/C=C/C=C2/SC(=Nc3ccc(C)cc3)NC2=O)cc1. The van der Waals surface area contributed by atoms with Gasteiger partial charge in [-0.1, -0.05) is 42.0 Å². The van der Waals surface area contributed by atoms with Gasteiger partial charge in [0.25, 0.3) is 5.91 Å². The largest absolute Gasteiger partial charge is 0.497 e. The van der Waals surface area contributed by atoms with Crippen LogP contribution in [-0.2, 0) is 4.79 Å². The van der Waals surface area contributed by atoms with E-state index >= 15 is 0 Å². The number of nitrogens with zero attached hydrogens (tertiary/aromatic N) is 1. The van der Waals surface area contributed by atoms with E-state index in [1.165, 1.54) is 17.3 Å². The molecule has 1 heterocycles. The molecule has 0 bridgehead atoms. The number of rotatable bonds is 4. The van der Waals surface area contributed by atoms with E-state index in [-0.39, 0.29) is 5.91 Å². The topological polar surface area (TPSA) is 50.7 Å². The fourth-order valence-electron chi connectivity index (χ4n) is 2.19. The fraction of sp³-hybridized carbons (Fsp3) is 0.100. The highest BCUT2D eigenvalue weighted by molar-refractivity contribution is 8.18. The number of methoxy groups -OCH3 is 1. The molecule has 0 aliphatic carbocycles. The molecule has 0 saturated carbocycles. The standard InChI is InChI=1S/C20H18N2O2S/c1-14-6-10-16(11-7-14)21-20-22-19(23)18(25-20)5-3-4-15-8-12-17(24-2)13-9-15/h3-13H,1-2H3,(H,21,22,23)/b4-3+,18-5+. The zero-order valence-electron chi connectivity index (χ0n) is 14.0. The lowest BCUT2D eigenvalue weighted by Crippen LogP contribution is -2.19. The molecule has 5 heteroatoms. The molecule has 1 amide bonds. The molecule has 1 aliphatic rings. The van der Waals surface area contributed by atoms with Crippen molar-refractivity contribution in [3.05, 3.63) is 76.7 Å². The summed E-state index contributed by atoms with van der Waals surface area (Å²) in [5, 5.41) is 3.38. The second kappa shape index (κ2) is 7.85. The quantitative estimate of drug-likeness (QED) is 0.829. The maximum atomic E-state index is 12.0. The van der Waals surface area contributed by atoms with Crippen molar-refractivity contribution in [2.45, 2.75) is 6.92 Å². The third-order valence-electron chi connectivity index (χ3n) is 3.57. The molecular weight excluding hydrogens is 332 g/mol. The van der Waals surface area contributed by atoms with Crippen LogP contribution in [0.4, 0.5) is 5.69 Å². The van der Waals surface area contributed by atoms with Gasteiger partial charge in [0.2, 0.25) is 0 Å². The smallest absolute Gasteiger partial charge is 0.264 e. The van der Waals surface area contributed by atoms with Crippen LogP contribution in [0.2, 0.25) is 0 Å². The fourth-order valence-corrected chi connectivity index (χ4v) is 2.99. The van der Waals surface area contributed by atoms with Gasteiger partial charge in [0.15, 0.2) is 5.17 Å². The minimum Gasteiger partial charge on any atom is -0.497 e. The number of thioether (sulfide) groups is 1. The molecule has 1 saturated heterocycles. The predicted octanol–water partition coefficient (Wildman–Crippen LogP) is 4.45. The number of amidine groups is 1. The van der Waals surface area contributed by atoms with E-state index in [4.69, 9.17) is 4.74 Å². The molecule has 0 radical (unpaired) electrons. The van der Waals surface area contributed by atoms with E-state index in [0.29, 0.717) is 10.1 Å². The average Bonchev–Trinajstić information content (AvgIpc) is 2.97. The first-order valence-electron chi connectivity index (χ1n) is 7.81. The minimum absolute atomic E-state index is 0.129. The van der Waals surface area contributed by atoms with Crippen molar-refractivity contribution in [2.24, 2.45) is 4.99 Å². The molecule has 0 atom stereocenters. The van der Waals surface area contributed by atoms with Crippen molar-refractivity contribution in [1.29, 1.82) is 0 Å². The van der Waals surface area contributed by atoms with Crippen molar-refractivity contribution >= 4 is 34.6 Å². The lowest BCUT2D eigenvalue weighted by Gasteiger charge is -1.98. The Hall–Kier alpha value is -2.79. The van der Waals surface area contributed by atoms with E-state index in [1.807, 2.05) is 67.6 Å². The van der Waals surface area contributed by atoms with Crippen molar-refractivity contribution in [1.82, 2.24) is 5.32 Å². The Morgan fingerprint density at radius 3 is 2.48 bits per heavy atom. The highest BCUT2D eigenvalue weighted by atomic mass is 32.2. The Morgan fingerprint density at radius 1 is 1.08 bits per heavy atom. The maximum Gasteiger partial charge on any atom is 0.264 e. The average molecular weight is 350 g/mol. The molecule has 2 aromatic rings. The summed E-state index contributed by atoms with van der Waals surface area (Å²) in [5.41, 5.74) is 3.04. The van der Waals surface area contributed by atoms with Gasteiger partial charge in [-0.15, -0.1) is 0 Å². The van der Waals surface area contributed by atoms with Crippen LogP contribution in [0, 0.1) is 6.92 Å². The van der Waals surface area contributed by atoms with Gasteiger partial charge in [-0.05, 0) is 54.6 Å². The van der Waals surface area contributed by atoms with Crippen LogP contribution in [0.1, 0.15) is 11.1 Å². The van der Waals surface area contributed by atoms with E-state index in [1.54, 1.807) is 13.2 Å². The Balaban J connectivity index is 1.68. The highest BCUT2D eigenvalue weighted by Crippen LogP contribution is 2.26. The number of nitrogens with one attached hydrogen (secondary N) is 1. The van der Waals surface area contributed by atoms with Gasteiger partial charge in [0.05, 0.1) is 17.7 Å². The number of carbonyl (C=O) groups excluding carboxylic acids is 1. The first-order chi connectivity index (χ1) is 12.1. The summed E-state index contributed by atoms with van der Waals surface area (Å²) in [6.45, 7) is 2.03. The van der Waals surface area contributed by atoms with Gasteiger partial charge < -0.3 is 10.1 Å². The Bertz CT molecular complexity index is 850. The molecule has 2 aromatic carbocycles. The summed E-state index contributed by atoms with van der Waals surface area (Å²) in [4.78, 5) is 17.1. The van der Waals surface area contributed by atoms with Crippen LogP contribution >= 0.6 is 11.8 Å². The number of aliphatic imine (C=N–C) groups is 1. The van der Waals surface area contributed by atoms with Gasteiger partial charge in [-0.25, -0.2) is 4.99 Å². The van der Waals surface area contributed by atoms with Crippen LogP contribution in [-0.4, -0.2) is 18.2 Å². The molecule has 25 heavy (non-hydrogen) atoms. The number of ether oxygens (including phenoxy) is 1. The molecule has 4 nitrogen and oxygen atoms in total. The monoisotopic (exact) mass is 350 g/mol. The van der Waals surface area contributed by atoms with Crippen molar-refractivity contribution < 1.29 is 9.53 Å². The molecule has 1 fully saturated rings. The van der Waals surface area contributed by atoms with Gasteiger partial charge in [-0.3, -0.25) is 4.79 Å². The van der Waals surface area contributed by atoms with Gasteiger partial charge in [0.1, 0.15) is 5.75 Å². The summed E-state index contributed by atoms with van der Waals surface area (Å²) in [7, 11) is 1.64. The lowest BCUT2D eigenvalue weighted by molar-refractivity contribution is -0.115.